The van der Waals surface area contributed by atoms with Gasteiger partial charge in [0, 0.05) is 36.2 Å². The van der Waals surface area contributed by atoms with Gasteiger partial charge < -0.3 is 9.80 Å². The summed E-state index contributed by atoms with van der Waals surface area (Å²) in [7, 11) is 9.63. The summed E-state index contributed by atoms with van der Waals surface area (Å²) in [6.45, 7) is 12.0. The average molecular weight is 533 g/mol. The van der Waals surface area contributed by atoms with Gasteiger partial charge in [0.2, 0.25) is 6.67 Å². The summed E-state index contributed by atoms with van der Waals surface area (Å²) >= 11 is -0.106. The van der Waals surface area contributed by atoms with E-state index >= 15 is 0 Å². The van der Waals surface area contributed by atoms with Crippen molar-refractivity contribution < 1.29 is 15.9 Å². The molecule has 0 amide bonds. The van der Waals surface area contributed by atoms with E-state index in [0.717, 1.165) is 0 Å². The SMILES string of the molecule is Cc1cccc(C)c1N1[C]N(c2c(C)cccc2C)C=C1.[Cl][Pd][Cl].c1ccncc1. The first kappa shape index (κ1) is 24.4. The van der Waals surface area contributed by atoms with Crippen molar-refractivity contribution in [2.75, 3.05) is 9.80 Å². The van der Waals surface area contributed by atoms with E-state index in [0.29, 0.717) is 0 Å². The molecule has 0 unspecified atom stereocenters. The van der Waals surface area contributed by atoms with E-state index in [1.807, 2.05) is 18.2 Å². The zero-order valence-corrected chi connectivity index (χ0v) is 20.5. The van der Waals surface area contributed by atoms with Gasteiger partial charge in [-0.3, -0.25) is 4.98 Å². The molecular weight excluding hydrogens is 508 g/mol. The molecule has 1 aliphatic heterocycles. The minimum atomic E-state index is -0.106. The fourth-order valence-corrected chi connectivity index (χ4v) is 3.25. The third kappa shape index (κ3) is 6.86. The van der Waals surface area contributed by atoms with Crippen LogP contribution in [0.25, 0.3) is 0 Å². The molecule has 0 saturated carbocycles. The van der Waals surface area contributed by atoms with Crippen molar-refractivity contribution in [3.8, 4) is 0 Å². The van der Waals surface area contributed by atoms with Gasteiger partial charge in [-0.2, -0.15) is 0 Å². The Labute approximate surface area is 196 Å². The Morgan fingerprint density at radius 1 is 0.667 bits per heavy atom. The Hall–Kier alpha value is -1.83. The fraction of sp³-hybridized carbons (Fsp3) is 0.167. The summed E-state index contributed by atoms with van der Waals surface area (Å²) in [5, 5.41) is 0. The van der Waals surface area contributed by atoms with Crippen molar-refractivity contribution in [2.45, 2.75) is 27.7 Å². The van der Waals surface area contributed by atoms with Crippen LogP contribution in [-0.4, -0.2) is 4.98 Å². The van der Waals surface area contributed by atoms with Crippen LogP contribution in [0, 0.1) is 34.4 Å². The molecule has 0 bridgehead atoms. The van der Waals surface area contributed by atoms with Crippen molar-refractivity contribution >= 4 is 30.4 Å². The van der Waals surface area contributed by atoms with Crippen LogP contribution < -0.4 is 9.80 Å². The molecule has 0 N–H and O–H groups in total. The number of rotatable bonds is 2. The summed E-state index contributed by atoms with van der Waals surface area (Å²) in [5.74, 6) is 0. The van der Waals surface area contributed by atoms with Crippen LogP contribution >= 0.6 is 19.1 Å². The van der Waals surface area contributed by atoms with Crippen molar-refractivity contribution in [3.05, 3.63) is 108 Å². The minimum Gasteiger partial charge on any atom is -0.265 e. The summed E-state index contributed by atoms with van der Waals surface area (Å²) in [6.07, 6.45) is 7.64. The Morgan fingerprint density at radius 3 is 1.30 bits per heavy atom. The van der Waals surface area contributed by atoms with Crippen molar-refractivity contribution in [1.29, 1.82) is 0 Å². The molecule has 1 aromatic heterocycles. The van der Waals surface area contributed by atoms with E-state index in [1.165, 1.54) is 33.6 Å². The van der Waals surface area contributed by atoms with Gasteiger partial charge >= 0.3 is 35.0 Å². The molecular formula is C24H25Cl2N3Pd. The van der Waals surface area contributed by atoms with Crippen LogP contribution in [0.15, 0.2) is 79.4 Å². The van der Waals surface area contributed by atoms with Crippen LogP contribution in [0.3, 0.4) is 0 Å². The molecule has 6 heteroatoms. The molecule has 30 heavy (non-hydrogen) atoms. The predicted octanol–water partition coefficient (Wildman–Crippen LogP) is 7.17. The number of hydrogen-bond acceptors (Lipinski definition) is 3. The van der Waals surface area contributed by atoms with Gasteiger partial charge in [0.15, 0.2) is 0 Å². The maximum Gasteiger partial charge on any atom is 0.0267 e. The maximum atomic E-state index is 4.81. The Morgan fingerprint density at radius 2 is 1.03 bits per heavy atom. The number of pyridine rings is 1. The first-order valence-electron chi connectivity index (χ1n) is 9.32. The molecule has 2 heterocycles. The van der Waals surface area contributed by atoms with E-state index in [2.05, 4.69) is 97.9 Å². The van der Waals surface area contributed by atoms with E-state index in [-0.39, 0.29) is 15.9 Å². The summed E-state index contributed by atoms with van der Waals surface area (Å²) < 4.78 is 0. The van der Waals surface area contributed by atoms with Gasteiger partial charge in [0.25, 0.3) is 0 Å². The number of benzene rings is 2. The Bertz CT molecular complexity index is 822. The average Bonchev–Trinajstić information content (AvgIpc) is 3.19. The Balaban J connectivity index is 0.000000298. The Kier molecular flexibility index (Phi) is 10.4. The van der Waals surface area contributed by atoms with Crippen LogP contribution in [0.4, 0.5) is 11.4 Å². The minimum absolute atomic E-state index is 0.106. The van der Waals surface area contributed by atoms with Crippen LogP contribution in [0.5, 0.6) is 0 Å². The number of anilines is 2. The van der Waals surface area contributed by atoms with Gasteiger partial charge in [0.05, 0.1) is 0 Å². The van der Waals surface area contributed by atoms with Gasteiger partial charge in [-0.05, 0) is 62.1 Å². The van der Waals surface area contributed by atoms with E-state index in [4.69, 9.17) is 19.1 Å². The first-order valence-corrected chi connectivity index (χ1v) is 13.3. The molecule has 4 rings (SSSR count). The second kappa shape index (κ2) is 12.8. The van der Waals surface area contributed by atoms with Crippen molar-refractivity contribution in [3.63, 3.8) is 0 Å². The summed E-state index contributed by atoms with van der Waals surface area (Å²) in [6, 6.07) is 18.5. The monoisotopic (exact) mass is 531 g/mol. The van der Waals surface area contributed by atoms with Gasteiger partial charge in [-0.1, -0.05) is 42.5 Å². The van der Waals surface area contributed by atoms with Crippen LogP contribution in [0.2, 0.25) is 0 Å². The second-order valence-corrected chi connectivity index (χ2v) is 9.05. The molecule has 0 fully saturated rings. The molecule has 2 aromatic carbocycles. The first-order chi connectivity index (χ1) is 14.5. The molecule has 0 spiro atoms. The fourth-order valence-electron chi connectivity index (χ4n) is 3.25. The zero-order chi connectivity index (χ0) is 21.9. The number of aromatic nitrogens is 1. The smallest absolute Gasteiger partial charge is 0.0267 e. The predicted molar refractivity (Wildman–Crippen MR) is 125 cm³/mol. The summed E-state index contributed by atoms with van der Waals surface area (Å²) in [5.41, 5.74) is 7.46. The molecule has 0 aliphatic carbocycles. The van der Waals surface area contributed by atoms with Gasteiger partial charge in [-0.15, -0.1) is 0 Å². The maximum absolute atomic E-state index is 4.81. The third-order valence-electron chi connectivity index (χ3n) is 4.51. The zero-order valence-electron chi connectivity index (χ0n) is 17.4. The number of para-hydroxylation sites is 2. The molecule has 1 aliphatic rings. The number of hydrogen-bond donors (Lipinski definition) is 0. The van der Waals surface area contributed by atoms with Crippen molar-refractivity contribution in [1.82, 2.24) is 4.98 Å². The number of halogens is 2. The van der Waals surface area contributed by atoms with Crippen molar-refractivity contribution in [2.24, 2.45) is 0 Å². The number of aryl methyl sites for hydroxylation is 4. The van der Waals surface area contributed by atoms with E-state index in [9.17, 15) is 0 Å². The van der Waals surface area contributed by atoms with Gasteiger partial charge in [0.1, 0.15) is 0 Å². The van der Waals surface area contributed by atoms with Gasteiger partial charge in [-0.25, -0.2) is 0 Å². The van der Waals surface area contributed by atoms with Crippen LogP contribution in [-0.2, 0) is 15.9 Å². The molecule has 0 atom stereocenters. The molecule has 0 saturated heterocycles. The second-order valence-electron chi connectivity index (χ2n) is 6.69. The molecule has 160 valence electrons. The third-order valence-corrected chi connectivity index (χ3v) is 4.51. The topological polar surface area (TPSA) is 19.4 Å². The molecule has 2 radical (unpaired) electrons. The standard InChI is InChI=1S/C19H20N2.C5H5N.2ClH.Pd/c1-14-7-5-8-15(2)18(14)20-11-12-21(13-20)19-16(3)9-6-10-17(19)4;1-2-4-6-5-3-1;;;/h5-12H,1-4H3;1-5H;2*1H;/q;;;;+2/p-2. The molecule has 3 nitrogen and oxygen atoms in total. The largest absolute Gasteiger partial charge is 0.265 e. The molecule has 3 aromatic rings. The van der Waals surface area contributed by atoms with Crippen LogP contribution in [0.1, 0.15) is 22.3 Å². The normalized spacial score (nSPS) is 12.2. The van der Waals surface area contributed by atoms with E-state index < -0.39 is 0 Å². The summed E-state index contributed by atoms with van der Waals surface area (Å²) in [4.78, 5) is 7.94. The quantitative estimate of drug-likeness (QED) is 0.326. The number of nitrogens with zero attached hydrogens (tertiary/aromatic N) is 3. The van der Waals surface area contributed by atoms with E-state index in [1.54, 1.807) is 12.4 Å².